The zero-order valence-electron chi connectivity index (χ0n) is 18.0. The van der Waals surface area contributed by atoms with Crippen LogP contribution in [0.3, 0.4) is 0 Å². The highest BCUT2D eigenvalue weighted by molar-refractivity contribution is 6.30. The monoisotopic (exact) mass is 426 g/mol. The molecule has 0 bridgehead atoms. The van der Waals surface area contributed by atoms with Crippen LogP contribution in [0.2, 0.25) is 5.02 Å². The molecule has 1 saturated heterocycles. The first-order chi connectivity index (χ1) is 14.4. The van der Waals surface area contributed by atoms with E-state index in [-0.39, 0.29) is 11.8 Å². The van der Waals surface area contributed by atoms with Crippen molar-refractivity contribution in [1.82, 2.24) is 9.88 Å². The van der Waals surface area contributed by atoms with Gasteiger partial charge in [-0.2, -0.15) is 0 Å². The van der Waals surface area contributed by atoms with Crippen molar-refractivity contribution in [3.63, 3.8) is 0 Å². The van der Waals surface area contributed by atoms with Gasteiger partial charge in [0, 0.05) is 29.4 Å². The highest BCUT2D eigenvalue weighted by atomic mass is 35.5. The third-order valence-corrected chi connectivity index (χ3v) is 5.94. The number of rotatable bonds is 7. The van der Waals surface area contributed by atoms with Crippen molar-refractivity contribution in [3.8, 4) is 0 Å². The van der Waals surface area contributed by atoms with Crippen molar-refractivity contribution in [3.05, 3.63) is 59.3 Å². The van der Waals surface area contributed by atoms with E-state index in [2.05, 4.69) is 53.9 Å². The Hall–Kier alpha value is -2.37. The Balaban J connectivity index is 1.73. The zero-order chi connectivity index (χ0) is 21.7. The molecule has 1 aliphatic heterocycles. The number of pyridine rings is 1. The maximum Gasteiger partial charge on any atom is 0.227 e. The molecule has 0 aliphatic carbocycles. The Labute approximate surface area is 184 Å². The number of piperidine rings is 1. The summed E-state index contributed by atoms with van der Waals surface area (Å²) in [5.41, 5.74) is 3.51. The summed E-state index contributed by atoms with van der Waals surface area (Å²) in [6.45, 7) is 12.6. The highest BCUT2D eigenvalue weighted by Gasteiger charge is 2.26. The summed E-state index contributed by atoms with van der Waals surface area (Å²) >= 11 is 5.92. The fourth-order valence-electron chi connectivity index (χ4n) is 3.75. The van der Waals surface area contributed by atoms with Crippen LogP contribution in [-0.2, 0) is 11.2 Å². The lowest BCUT2D eigenvalue weighted by atomic mass is 9.94. The number of anilines is 2. The smallest absolute Gasteiger partial charge is 0.227 e. The van der Waals surface area contributed by atoms with Crippen LogP contribution in [0.1, 0.15) is 44.7 Å². The lowest BCUT2D eigenvalue weighted by Crippen LogP contribution is -2.41. The molecule has 0 radical (unpaired) electrons. The SMILES string of the molecule is C=C(Nc1ccc(Cl)cn1)c1cc(CC)ccc1NC(=O)C1CCN(C(C)C)CC1. The summed E-state index contributed by atoms with van der Waals surface area (Å²) < 4.78 is 0. The number of benzene rings is 1. The maximum absolute atomic E-state index is 13.0. The van der Waals surface area contributed by atoms with Crippen LogP contribution >= 0.6 is 11.6 Å². The quantitative estimate of drug-likeness (QED) is 0.619. The number of carbonyl (C=O) groups is 1. The van der Waals surface area contributed by atoms with E-state index in [4.69, 9.17) is 11.6 Å². The minimum atomic E-state index is 0.0397. The molecule has 160 valence electrons. The number of hydrogen-bond donors (Lipinski definition) is 2. The van der Waals surface area contributed by atoms with Gasteiger partial charge in [-0.1, -0.05) is 31.2 Å². The van der Waals surface area contributed by atoms with E-state index < -0.39 is 0 Å². The van der Waals surface area contributed by atoms with Crippen molar-refractivity contribution >= 4 is 34.7 Å². The Morgan fingerprint density at radius 2 is 1.97 bits per heavy atom. The molecule has 1 aliphatic rings. The number of likely N-dealkylation sites (tertiary alicyclic amines) is 1. The molecule has 0 atom stereocenters. The summed E-state index contributed by atoms with van der Waals surface area (Å²) in [6.07, 6.45) is 4.27. The second-order valence-corrected chi connectivity index (χ2v) is 8.53. The molecule has 1 aromatic heterocycles. The maximum atomic E-state index is 13.0. The second kappa shape index (κ2) is 10.1. The summed E-state index contributed by atoms with van der Waals surface area (Å²) in [7, 11) is 0. The largest absolute Gasteiger partial charge is 0.340 e. The molecule has 1 fully saturated rings. The highest BCUT2D eigenvalue weighted by Crippen LogP contribution is 2.28. The van der Waals surface area contributed by atoms with Crippen molar-refractivity contribution in [2.24, 2.45) is 5.92 Å². The van der Waals surface area contributed by atoms with Gasteiger partial charge < -0.3 is 15.5 Å². The van der Waals surface area contributed by atoms with Gasteiger partial charge in [0.05, 0.1) is 10.7 Å². The molecule has 30 heavy (non-hydrogen) atoms. The lowest BCUT2D eigenvalue weighted by molar-refractivity contribution is -0.121. The Bertz CT molecular complexity index is 887. The van der Waals surface area contributed by atoms with Gasteiger partial charge in [-0.15, -0.1) is 0 Å². The molecule has 2 heterocycles. The predicted molar refractivity (Wildman–Crippen MR) is 126 cm³/mol. The Morgan fingerprint density at radius 3 is 2.57 bits per heavy atom. The molecule has 2 aromatic rings. The summed E-state index contributed by atoms with van der Waals surface area (Å²) in [5, 5.41) is 6.96. The first kappa shape index (κ1) is 22.3. The first-order valence-corrected chi connectivity index (χ1v) is 11.0. The fraction of sp³-hybridized carbons (Fsp3) is 0.417. The average molecular weight is 427 g/mol. The molecule has 3 rings (SSSR count). The van der Waals surface area contributed by atoms with E-state index in [9.17, 15) is 4.79 Å². The molecule has 5 nitrogen and oxygen atoms in total. The van der Waals surface area contributed by atoms with Gasteiger partial charge in [0.2, 0.25) is 5.91 Å². The molecule has 2 N–H and O–H groups in total. The van der Waals surface area contributed by atoms with Crippen LogP contribution < -0.4 is 10.6 Å². The van der Waals surface area contributed by atoms with Crippen LogP contribution in [0.5, 0.6) is 0 Å². The number of halogens is 1. The van der Waals surface area contributed by atoms with Crippen LogP contribution in [0.15, 0.2) is 43.1 Å². The minimum Gasteiger partial charge on any atom is -0.340 e. The van der Waals surface area contributed by atoms with Gasteiger partial charge in [-0.05, 0) is 76.0 Å². The predicted octanol–water partition coefficient (Wildman–Crippen LogP) is 5.44. The molecule has 0 unspecified atom stereocenters. The van der Waals surface area contributed by atoms with E-state index in [0.717, 1.165) is 43.6 Å². The normalized spacial score (nSPS) is 15.2. The zero-order valence-corrected chi connectivity index (χ0v) is 18.8. The molecular weight excluding hydrogens is 396 g/mol. The first-order valence-electron chi connectivity index (χ1n) is 10.6. The second-order valence-electron chi connectivity index (χ2n) is 8.09. The average Bonchev–Trinajstić information content (AvgIpc) is 2.75. The van der Waals surface area contributed by atoms with E-state index in [0.29, 0.717) is 22.6 Å². The van der Waals surface area contributed by atoms with E-state index in [1.54, 1.807) is 18.3 Å². The number of amides is 1. The van der Waals surface area contributed by atoms with Gasteiger partial charge in [0.15, 0.2) is 0 Å². The van der Waals surface area contributed by atoms with Gasteiger partial charge in [-0.3, -0.25) is 4.79 Å². The van der Waals surface area contributed by atoms with E-state index in [1.165, 1.54) is 5.56 Å². The number of hydrogen-bond acceptors (Lipinski definition) is 4. The van der Waals surface area contributed by atoms with Crippen LogP contribution in [-0.4, -0.2) is 34.9 Å². The van der Waals surface area contributed by atoms with Crippen molar-refractivity contribution in [2.75, 3.05) is 23.7 Å². The molecule has 0 saturated carbocycles. The van der Waals surface area contributed by atoms with Gasteiger partial charge in [0.1, 0.15) is 5.82 Å². The number of aryl methyl sites for hydroxylation is 1. The van der Waals surface area contributed by atoms with Gasteiger partial charge in [-0.25, -0.2) is 4.98 Å². The van der Waals surface area contributed by atoms with Gasteiger partial charge >= 0.3 is 0 Å². The molecule has 1 amide bonds. The molecule has 6 heteroatoms. The summed E-state index contributed by atoms with van der Waals surface area (Å²) in [5.74, 6) is 0.781. The molecule has 1 aromatic carbocycles. The third-order valence-electron chi connectivity index (χ3n) is 5.71. The van der Waals surface area contributed by atoms with E-state index >= 15 is 0 Å². The number of aromatic nitrogens is 1. The topological polar surface area (TPSA) is 57.3 Å². The summed E-state index contributed by atoms with van der Waals surface area (Å²) in [4.78, 5) is 19.7. The van der Waals surface area contributed by atoms with Gasteiger partial charge in [0.25, 0.3) is 0 Å². The Kier molecular flexibility index (Phi) is 7.51. The summed E-state index contributed by atoms with van der Waals surface area (Å²) in [6, 6.07) is 10.2. The number of carbonyl (C=O) groups excluding carboxylic acids is 1. The standard InChI is InChI=1S/C24H31ClN4O/c1-5-18-6-8-22(28-24(30)19-10-12-29(13-11-19)16(2)3)21(14-18)17(4)27-23-9-7-20(25)15-26-23/h6-9,14-16,19H,4-5,10-13H2,1-3H3,(H,26,27)(H,28,30). The third kappa shape index (κ3) is 5.61. The van der Waals surface area contributed by atoms with Crippen molar-refractivity contribution in [2.45, 2.75) is 46.1 Å². The number of nitrogens with zero attached hydrogens (tertiary/aromatic N) is 2. The van der Waals surface area contributed by atoms with Crippen LogP contribution in [0.25, 0.3) is 5.70 Å². The van der Waals surface area contributed by atoms with Crippen molar-refractivity contribution < 1.29 is 4.79 Å². The molecular formula is C24H31ClN4O. The minimum absolute atomic E-state index is 0.0397. The molecule has 0 spiro atoms. The fourth-order valence-corrected chi connectivity index (χ4v) is 3.87. The van der Waals surface area contributed by atoms with Crippen LogP contribution in [0.4, 0.5) is 11.5 Å². The van der Waals surface area contributed by atoms with E-state index in [1.807, 2.05) is 12.1 Å². The lowest BCUT2D eigenvalue weighted by Gasteiger charge is -2.34. The number of nitrogens with one attached hydrogen (secondary N) is 2. The van der Waals surface area contributed by atoms with Crippen molar-refractivity contribution in [1.29, 1.82) is 0 Å². The van der Waals surface area contributed by atoms with Crippen LogP contribution in [0, 0.1) is 5.92 Å². The Morgan fingerprint density at radius 1 is 1.23 bits per heavy atom.